The van der Waals surface area contributed by atoms with Gasteiger partial charge in [0.25, 0.3) is 5.91 Å². The summed E-state index contributed by atoms with van der Waals surface area (Å²) in [4.78, 5) is 31.6. The molecule has 0 aliphatic heterocycles. The van der Waals surface area contributed by atoms with Crippen LogP contribution in [0, 0.1) is 25.7 Å². The fourth-order valence-corrected chi connectivity index (χ4v) is 6.69. The number of rotatable bonds is 8. The fourth-order valence-electron chi connectivity index (χ4n) is 5.80. The third-order valence-corrected chi connectivity index (χ3v) is 8.93. The highest BCUT2D eigenvalue weighted by molar-refractivity contribution is 7.14. The van der Waals surface area contributed by atoms with Crippen LogP contribution in [0.2, 0.25) is 0 Å². The zero-order valence-electron chi connectivity index (χ0n) is 24.3. The zero-order chi connectivity index (χ0) is 29.3. The Hall–Kier alpha value is -3.85. The third-order valence-electron chi connectivity index (χ3n) is 8.07. The van der Waals surface area contributed by atoms with Crippen LogP contribution < -0.4 is 14.4 Å². The van der Waals surface area contributed by atoms with Crippen molar-refractivity contribution in [2.24, 2.45) is 11.8 Å². The number of hydrogen-bond acceptors (Lipinski definition) is 6. The van der Waals surface area contributed by atoms with E-state index in [2.05, 4.69) is 0 Å². The van der Waals surface area contributed by atoms with Crippen LogP contribution in [0.1, 0.15) is 54.2 Å². The molecule has 2 atom stereocenters. The number of thiazole rings is 1. The van der Waals surface area contributed by atoms with Crippen LogP contribution in [0.25, 0.3) is 22.2 Å². The zero-order valence-corrected chi connectivity index (χ0v) is 25.1. The van der Waals surface area contributed by atoms with Gasteiger partial charge in [-0.05, 0) is 74.9 Å². The Bertz CT molecular complexity index is 1580. The molecule has 1 N–H and O–H groups in total. The highest BCUT2D eigenvalue weighted by Crippen LogP contribution is 2.51. The molecule has 1 amide bonds. The van der Waals surface area contributed by atoms with Crippen LogP contribution in [0.5, 0.6) is 11.5 Å². The minimum atomic E-state index is -1.02. The largest absolute Gasteiger partial charge is 0.496 e. The highest BCUT2D eigenvalue weighted by atomic mass is 32.1. The van der Waals surface area contributed by atoms with Crippen LogP contribution in [0.4, 0.5) is 5.13 Å². The standard InChI is InChI=1S/C26H27N3O5S.C6H10/c1-6-28(25(32)21-11-17-9-15(2)7-8-20(17)29(21)13-24(30)31)26-27-19(14-35-26)18-12-22(33-4)16(3)10-23(18)34-5;1-2-5-4-6(5)3-1/h7-12,14H,6,13H2,1-5H3,(H,30,31);5-6H,1-4H2. The Morgan fingerprint density at radius 2 is 1.80 bits per heavy atom. The van der Waals surface area contributed by atoms with Crippen LogP contribution >= 0.6 is 11.3 Å². The number of ether oxygens (including phenoxy) is 2. The molecule has 2 aromatic carbocycles. The van der Waals surface area contributed by atoms with E-state index in [1.165, 1.54) is 29.6 Å². The molecule has 0 bridgehead atoms. The second-order valence-electron chi connectivity index (χ2n) is 10.8. The van der Waals surface area contributed by atoms with Crippen molar-refractivity contribution in [1.29, 1.82) is 0 Å². The van der Waals surface area contributed by atoms with E-state index in [1.54, 1.807) is 49.0 Å². The van der Waals surface area contributed by atoms with Crippen molar-refractivity contribution in [2.45, 2.75) is 53.0 Å². The maximum atomic E-state index is 13.7. The van der Waals surface area contributed by atoms with Gasteiger partial charge in [0, 0.05) is 28.4 Å². The summed E-state index contributed by atoms with van der Waals surface area (Å²) in [6, 6.07) is 11.2. The number of methoxy groups -OCH3 is 2. The number of carboxylic acids is 1. The normalized spacial score (nSPS) is 17.0. The van der Waals surface area contributed by atoms with Crippen LogP contribution in [0.15, 0.2) is 41.8 Å². The molecule has 2 fully saturated rings. The summed E-state index contributed by atoms with van der Waals surface area (Å²) in [5.74, 6) is 2.47. The second-order valence-corrected chi connectivity index (χ2v) is 11.7. The highest BCUT2D eigenvalue weighted by Gasteiger charge is 2.40. The van der Waals surface area contributed by atoms with Gasteiger partial charge in [0.05, 0.1) is 19.9 Å². The number of aryl methyl sites for hydroxylation is 2. The quantitative estimate of drug-likeness (QED) is 0.244. The molecule has 2 unspecified atom stereocenters. The van der Waals surface area contributed by atoms with Gasteiger partial charge in [0.2, 0.25) is 0 Å². The Balaban J connectivity index is 0.000000490. The Labute approximate surface area is 244 Å². The maximum absolute atomic E-state index is 13.7. The van der Waals surface area contributed by atoms with Crippen molar-refractivity contribution in [3.05, 3.63) is 58.6 Å². The summed E-state index contributed by atoms with van der Waals surface area (Å²) in [5, 5.41) is 12.7. The van der Waals surface area contributed by atoms with Gasteiger partial charge in [-0.2, -0.15) is 0 Å². The van der Waals surface area contributed by atoms with Gasteiger partial charge in [-0.15, -0.1) is 11.3 Å². The van der Waals surface area contributed by atoms with Gasteiger partial charge in [-0.1, -0.05) is 30.9 Å². The number of hydrogen-bond donors (Lipinski definition) is 1. The van der Waals surface area contributed by atoms with Gasteiger partial charge < -0.3 is 19.1 Å². The molecule has 0 saturated heterocycles. The molecule has 2 aliphatic carbocycles. The Morgan fingerprint density at radius 3 is 2.39 bits per heavy atom. The van der Waals surface area contributed by atoms with E-state index in [0.29, 0.717) is 40.1 Å². The number of nitrogens with zero attached hydrogens (tertiary/aromatic N) is 3. The molecule has 2 saturated carbocycles. The van der Waals surface area contributed by atoms with E-state index in [1.807, 2.05) is 56.5 Å². The number of fused-ring (bicyclic) bond motifs is 2. The van der Waals surface area contributed by atoms with E-state index in [4.69, 9.17) is 14.5 Å². The number of carbonyl (C=O) groups is 2. The first kappa shape index (κ1) is 28.7. The van der Waals surface area contributed by atoms with Crippen molar-refractivity contribution >= 4 is 39.2 Å². The number of amides is 1. The van der Waals surface area contributed by atoms with Crippen LogP contribution in [0.3, 0.4) is 0 Å². The molecular weight excluding hydrogens is 538 g/mol. The lowest BCUT2D eigenvalue weighted by Crippen LogP contribution is -2.32. The Kier molecular flexibility index (Phi) is 8.35. The smallest absolute Gasteiger partial charge is 0.323 e. The summed E-state index contributed by atoms with van der Waals surface area (Å²) >= 11 is 1.34. The minimum Gasteiger partial charge on any atom is -0.496 e. The van der Waals surface area contributed by atoms with Gasteiger partial charge in [0.15, 0.2) is 5.13 Å². The van der Waals surface area contributed by atoms with Crippen molar-refractivity contribution in [3.8, 4) is 22.8 Å². The molecule has 4 aromatic rings. The van der Waals surface area contributed by atoms with Gasteiger partial charge >= 0.3 is 5.97 Å². The van der Waals surface area contributed by atoms with Crippen molar-refractivity contribution in [3.63, 3.8) is 0 Å². The summed E-state index contributed by atoms with van der Waals surface area (Å²) < 4.78 is 12.6. The predicted molar refractivity (Wildman–Crippen MR) is 163 cm³/mol. The number of carboxylic acid groups (broad SMARTS) is 1. The predicted octanol–water partition coefficient (Wildman–Crippen LogP) is 6.96. The van der Waals surface area contributed by atoms with Crippen molar-refractivity contribution in [1.82, 2.24) is 9.55 Å². The van der Waals surface area contributed by atoms with E-state index in [-0.39, 0.29) is 12.5 Å². The second kappa shape index (κ2) is 11.9. The summed E-state index contributed by atoms with van der Waals surface area (Å²) in [7, 11) is 3.21. The van der Waals surface area contributed by atoms with Crippen LogP contribution in [-0.4, -0.2) is 47.3 Å². The summed E-state index contributed by atoms with van der Waals surface area (Å²) in [6.45, 7) is 5.82. The molecule has 0 spiro atoms. The number of anilines is 1. The van der Waals surface area contributed by atoms with E-state index in [9.17, 15) is 14.7 Å². The number of aliphatic carboxylic acids is 1. The molecule has 216 valence electrons. The number of carbonyl (C=O) groups excluding carboxylic acids is 1. The van der Waals surface area contributed by atoms with E-state index < -0.39 is 5.97 Å². The first-order valence-corrected chi connectivity index (χ1v) is 14.9. The molecule has 8 nitrogen and oxygen atoms in total. The molecule has 6 rings (SSSR count). The lowest BCUT2D eigenvalue weighted by Gasteiger charge is -2.19. The van der Waals surface area contributed by atoms with Crippen molar-refractivity contribution < 1.29 is 24.2 Å². The molecule has 2 heterocycles. The average molecular weight is 576 g/mol. The van der Waals surface area contributed by atoms with Gasteiger partial charge in [-0.25, -0.2) is 4.98 Å². The van der Waals surface area contributed by atoms with E-state index >= 15 is 0 Å². The number of benzene rings is 2. The maximum Gasteiger partial charge on any atom is 0.323 e. The monoisotopic (exact) mass is 575 g/mol. The topological polar surface area (TPSA) is 93.9 Å². The molecule has 2 aromatic heterocycles. The molecule has 0 radical (unpaired) electrons. The first-order valence-electron chi connectivity index (χ1n) is 14.1. The molecule has 9 heteroatoms. The molecular formula is C32H37N3O5S. The first-order chi connectivity index (χ1) is 19.7. The number of aromatic nitrogens is 2. The SMILES string of the molecule is C1CC2CC2C1.CCN(C(=O)c1cc2cc(C)ccc2n1CC(=O)O)c1nc(-c2cc(OC)c(C)cc2OC)cs1. The average Bonchev–Trinajstić information content (AvgIpc) is 3.29. The fraction of sp³-hybridized carbons (Fsp3) is 0.406. The lowest BCUT2D eigenvalue weighted by molar-refractivity contribution is -0.137. The third kappa shape index (κ3) is 5.95. The van der Waals surface area contributed by atoms with E-state index in [0.717, 1.165) is 22.1 Å². The van der Waals surface area contributed by atoms with Crippen LogP contribution in [-0.2, 0) is 11.3 Å². The molecule has 2 aliphatic rings. The minimum absolute atomic E-state index is 0.307. The molecule has 41 heavy (non-hydrogen) atoms. The summed E-state index contributed by atoms with van der Waals surface area (Å²) in [6.07, 6.45) is 6.24. The van der Waals surface area contributed by atoms with Gasteiger partial charge in [-0.3, -0.25) is 14.5 Å². The lowest BCUT2D eigenvalue weighted by atomic mass is 10.1. The summed E-state index contributed by atoms with van der Waals surface area (Å²) in [5.41, 5.74) is 4.40. The Morgan fingerprint density at radius 1 is 1.07 bits per heavy atom. The van der Waals surface area contributed by atoms with Gasteiger partial charge in [0.1, 0.15) is 23.7 Å². The van der Waals surface area contributed by atoms with Crippen molar-refractivity contribution in [2.75, 3.05) is 25.7 Å².